The van der Waals surface area contributed by atoms with Gasteiger partial charge in [-0.25, -0.2) is 9.59 Å². The van der Waals surface area contributed by atoms with Crippen LogP contribution >= 0.6 is 0 Å². The second-order valence-electron chi connectivity index (χ2n) is 8.76. The van der Waals surface area contributed by atoms with Gasteiger partial charge in [0.2, 0.25) is 0 Å². The molecule has 4 rings (SSSR count). The molecule has 0 bridgehead atoms. The molecular formula is C26H29NO5. The zero-order valence-corrected chi connectivity index (χ0v) is 18.8. The van der Waals surface area contributed by atoms with Gasteiger partial charge in [-0.1, -0.05) is 42.5 Å². The second-order valence-corrected chi connectivity index (χ2v) is 8.76. The molecule has 168 valence electrons. The van der Waals surface area contributed by atoms with Gasteiger partial charge in [-0.15, -0.1) is 0 Å². The van der Waals surface area contributed by atoms with Crippen LogP contribution in [0.5, 0.6) is 0 Å². The van der Waals surface area contributed by atoms with E-state index in [0.717, 1.165) is 22.3 Å². The predicted octanol–water partition coefficient (Wildman–Crippen LogP) is 4.87. The van der Waals surface area contributed by atoms with Gasteiger partial charge in [-0.3, -0.25) is 0 Å². The van der Waals surface area contributed by atoms with E-state index in [1.54, 1.807) is 0 Å². The molecule has 2 N–H and O–H groups in total. The molecule has 6 heteroatoms. The Labute approximate surface area is 188 Å². The third kappa shape index (κ3) is 4.28. The van der Waals surface area contributed by atoms with Crippen LogP contribution in [0.2, 0.25) is 0 Å². The molecule has 0 radical (unpaired) electrons. The largest absolute Gasteiger partial charge is 0.447 e. The van der Waals surface area contributed by atoms with Crippen LogP contribution in [0, 0.1) is 20.8 Å². The Morgan fingerprint density at radius 2 is 1.72 bits per heavy atom. The van der Waals surface area contributed by atoms with Gasteiger partial charge in [-0.05, 0) is 74.3 Å². The van der Waals surface area contributed by atoms with Crippen molar-refractivity contribution in [1.29, 1.82) is 0 Å². The SMILES string of the molecule is Cc1cc(C)c(C2=C(OC(N)=O)C3(CCC(OCc4ccccc4)CC3)OC2=O)cc1C. The van der Waals surface area contributed by atoms with Crippen LogP contribution in [0.3, 0.4) is 0 Å². The highest BCUT2D eigenvalue weighted by atomic mass is 16.6. The molecule has 1 fully saturated rings. The summed E-state index contributed by atoms with van der Waals surface area (Å²) >= 11 is 0. The standard InChI is InChI=1S/C26H29NO5/c1-16-13-18(3)21(14-17(16)2)22-23(31-25(27)29)26(32-24(22)28)11-9-20(10-12-26)30-15-19-7-5-4-6-8-19/h4-8,13-14,20H,9-12,15H2,1-3H3,(H2,27,29). The van der Waals surface area contributed by atoms with E-state index in [4.69, 9.17) is 19.9 Å². The normalized spacial score (nSPS) is 22.8. The van der Waals surface area contributed by atoms with Crippen LogP contribution in [-0.2, 0) is 25.6 Å². The van der Waals surface area contributed by atoms with Crippen molar-refractivity contribution in [1.82, 2.24) is 0 Å². The lowest BCUT2D eigenvalue weighted by molar-refractivity contribution is -0.152. The first-order valence-electron chi connectivity index (χ1n) is 11.0. The second kappa shape index (κ2) is 8.79. The molecule has 0 aromatic heterocycles. The van der Waals surface area contributed by atoms with Crippen LogP contribution in [0.15, 0.2) is 48.2 Å². The van der Waals surface area contributed by atoms with Gasteiger partial charge < -0.3 is 19.9 Å². The highest BCUT2D eigenvalue weighted by Gasteiger charge is 2.52. The van der Waals surface area contributed by atoms with E-state index in [0.29, 0.717) is 43.4 Å². The van der Waals surface area contributed by atoms with E-state index in [1.807, 2.05) is 63.2 Å². The summed E-state index contributed by atoms with van der Waals surface area (Å²) in [7, 11) is 0. The molecule has 1 saturated carbocycles. The van der Waals surface area contributed by atoms with Crippen LogP contribution in [0.1, 0.15) is 53.5 Å². The first-order valence-corrected chi connectivity index (χ1v) is 11.0. The molecule has 1 amide bonds. The third-order valence-electron chi connectivity index (χ3n) is 6.51. The van der Waals surface area contributed by atoms with Gasteiger partial charge in [0, 0.05) is 0 Å². The Bertz CT molecular complexity index is 1070. The Morgan fingerprint density at radius 1 is 1.06 bits per heavy atom. The van der Waals surface area contributed by atoms with E-state index in [9.17, 15) is 9.59 Å². The summed E-state index contributed by atoms with van der Waals surface area (Å²) in [5.41, 5.74) is 9.63. The summed E-state index contributed by atoms with van der Waals surface area (Å²) in [5, 5.41) is 0. The zero-order valence-electron chi connectivity index (χ0n) is 18.8. The number of amides is 1. The summed E-state index contributed by atoms with van der Waals surface area (Å²) < 4.78 is 17.5. The molecule has 0 unspecified atom stereocenters. The van der Waals surface area contributed by atoms with Crippen LogP contribution in [0.4, 0.5) is 4.79 Å². The smallest absolute Gasteiger partial charge is 0.409 e. The summed E-state index contributed by atoms with van der Waals surface area (Å²) in [6.45, 7) is 6.47. The predicted molar refractivity (Wildman–Crippen MR) is 121 cm³/mol. The zero-order chi connectivity index (χ0) is 22.9. The number of carbonyl (C=O) groups is 2. The van der Waals surface area contributed by atoms with Crippen molar-refractivity contribution in [2.45, 2.75) is 64.8 Å². The van der Waals surface area contributed by atoms with E-state index in [1.165, 1.54) is 0 Å². The summed E-state index contributed by atoms with van der Waals surface area (Å²) in [6.07, 6.45) is 1.49. The molecule has 2 aliphatic rings. The molecule has 1 aliphatic carbocycles. The highest BCUT2D eigenvalue weighted by Crippen LogP contribution is 2.48. The first-order chi connectivity index (χ1) is 15.3. The van der Waals surface area contributed by atoms with Gasteiger partial charge in [0.15, 0.2) is 11.4 Å². The number of ether oxygens (including phenoxy) is 3. The molecule has 32 heavy (non-hydrogen) atoms. The lowest BCUT2D eigenvalue weighted by Crippen LogP contribution is -2.40. The maximum atomic E-state index is 13.0. The monoisotopic (exact) mass is 435 g/mol. The topological polar surface area (TPSA) is 87.8 Å². The van der Waals surface area contributed by atoms with Gasteiger partial charge in [0.1, 0.15) is 5.57 Å². The summed E-state index contributed by atoms with van der Waals surface area (Å²) in [4.78, 5) is 24.8. The minimum Gasteiger partial charge on any atom is -0.447 e. The van der Waals surface area contributed by atoms with Crippen molar-refractivity contribution in [3.05, 3.63) is 76.0 Å². The van der Waals surface area contributed by atoms with Gasteiger partial charge >= 0.3 is 12.1 Å². The summed E-state index contributed by atoms with van der Waals surface area (Å²) in [5.74, 6) is -0.237. The van der Waals surface area contributed by atoms with Crippen molar-refractivity contribution in [2.24, 2.45) is 5.73 Å². The minimum absolute atomic E-state index is 0.0433. The minimum atomic E-state index is -0.987. The number of primary amides is 1. The Hall–Kier alpha value is -3.12. The number of benzene rings is 2. The Morgan fingerprint density at radius 3 is 2.38 bits per heavy atom. The molecule has 0 atom stereocenters. The molecule has 6 nitrogen and oxygen atoms in total. The maximum absolute atomic E-state index is 13.0. The number of nitrogens with two attached hydrogens (primary N) is 1. The van der Waals surface area contributed by atoms with Crippen molar-refractivity contribution in [2.75, 3.05) is 0 Å². The molecule has 1 spiro atoms. The molecule has 0 saturated heterocycles. The van der Waals surface area contributed by atoms with Crippen molar-refractivity contribution >= 4 is 17.6 Å². The lowest BCUT2D eigenvalue weighted by atomic mass is 9.80. The van der Waals surface area contributed by atoms with E-state index >= 15 is 0 Å². The molecule has 1 aliphatic heterocycles. The van der Waals surface area contributed by atoms with Crippen molar-refractivity contribution < 1.29 is 23.8 Å². The van der Waals surface area contributed by atoms with Gasteiger partial charge in [0.25, 0.3) is 0 Å². The Balaban J connectivity index is 1.59. The Kier molecular flexibility index (Phi) is 6.07. The van der Waals surface area contributed by atoms with E-state index in [-0.39, 0.29) is 11.9 Å². The number of hydrogen-bond acceptors (Lipinski definition) is 5. The lowest BCUT2D eigenvalue weighted by Gasteiger charge is -2.36. The van der Waals surface area contributed by atoms with Crippen molar-refractivity contribution in [3.8, 4) is 0 Å². The number of carbonyl (C=O) groups excluding carboxylic acids is 2. The quantitative estimate of drug-likeness (QED) is 0.677. The number of rotatable bonds is 5. The third-order valence-corrected chi connectivity index (χ3v) is 6.51. The van der Waals surface area contributed by atoms with Crippen molar-refractivity contribution in [3.63, 3.8) is 0 Å². The fourth-order valence-electron chi connectivity index (χ4n) is 4.64. The fraction of sp³-hybridized carbons (Fsp3) is 0.385. The average Bonchev–Trinajstić information content (AvgIpc) is 3.01. The molecule has 2 aromatic rings. The number of hydrogen-bond donors (Lipinski definition) is 1. The number of aryl methyl sites for hydroxylation is 3. The van der Waals surface area contributed by atoms with Crippen LogP contribution in [-0.4, -0.2) is 23.8 Å². The van der Waals surface area contributed by atoms with Crippen LogP contribution < -0.4 is 5.73 Å². The van der Waals surface area contributed by atoms with E-state index in [2.05, 4.69) is 0 Å². The van der Waals surface area contributed by atoms with Crippen LogP contribution in [0.25, 0.3) is 5.57 Å². The van der Waals surface area contributed by atoms with Gasteiger partial charge in [-0.2, -0.15) is 0 Å². The first kappa shape index (κ1) is 22.1. The van der Waals surface area contributed by atoms with Gasteiger partial charge in [0.05, 0.1) is 12.7 Å². The summed E-state index contributed by atoms with van der Waals surface area (Å²) in [6, 6.07) is 14.0. The molecule has 1 heterocycles. The highest BCUT2D eigenvalue weighted by molar-refractivity contribution is 6.20. The number of esters is 1. The average molecular weight is 436 g/mol. The molecule has 2 aromatic carbocycles. The van der Waals surface area contributed by atoms with E-state index < -0.39 is 17.7 Å². The molecular weight excluding hydrogens is 406 g/mol. The maximum Gasteiger partial charge on any atom is 0.409 e. The fourth-order valence-corrected chi connectivity index (χ4v) is 4.64.